The highest BCUT2D eigenvalue weighted by Crippen LogP contribution is 2.08. The van der Waals surface area contributed by atoms with E-state index in [4.69, 9.17) is 0 Å². The SMILES string of the molecule is O=S1(=O)CCCN(CCNc2ccc(F)cc2)CC1. The van der Waals surface area contributed by atoms with E-state index in [-0.39, 0.29) is 11.6 Å². The Hall–Kier alpha value is -1.14. The van der Waals surface area contributed by atoms with Gasteiger partial charge in [-0.3, -0.25) is 0 Å². The Bertz CT molecular complexity index is 502. The van der Waals surface area contributed by atoms with Crippen LogP contribution >= 0.6 is 0 Å². The molecule has 0 spiro atoms. The third-order valence-corrected chi connectivity index (χ3v) is 4.96. The molecule has 2 rings (SSSR count). The van der Waals surface area contributed by atoms with Crippen LogP contribution in [0.25, 0.3) is 0 Å². The monoisotopic (exact) mass is 286 g/mol. The summed E-state index contributed by atoms with van der Waals surface area (Å²) in [5.41, 5.74) is 0.879. The molecule has 0 unspecified atom stereocenters. The third kappa shape index (κ3) is 4.80. The molecule has 0 saturated carbocycles. The molecule has 1 aromatic carbocycles. The number of sulfone groups is 1. The van der Waals surface area contributed by atoms with Crippen molar-refractivity contribution in [1.29, 1.82) is 0 Å². The maximum atomic E-state index is 12.7. The Balaban J connectivity index is 1.75. The Labute approximate surface area is 113 Å². The minimum absolute atomic E-state index is 0.247. The highest BCUT2D eigenvalue weighted by Gasteiger charge is 2.18. The number of anilines is 1. The average molecular weight is 286 g/mol. The van der Waals surface area contributed by atoms with Gasteiger partial charge in [0, 0.05) is 25.3 Å². The highest BCUT2D eigenvalue weighted by atomic mass is 32.2. The van der Waals surface area contributed by atoms with Crippen LogP contribution in [-0.4, -0.2) is 51.0 Å². The van der Waals surface area contributed by atoms with Gasteiger partial charge in [0.1, 0.15) is 5.82 Å². The lowest BCUT2D eigenvalue weighted by atomic mass is 10.3. The number of nitrogens with zero attached hydrogens (tertiary/aromatic N) is 1. The van der Waals surface area contributed by atoms with Gasteiger partial charge >= 0.3 is 0 Å². The van der Waals surface area contributed by atoms with E-state index in [0.29, 0.717) is 18.7 Å². The van der Waals surface area contributed by atoms with Crippen molar-refractivity contribution in [3.63, 3.8) is 0 Å². The molecule has 0 bridgehead atoms. The zero-order valence-electron chi connectivity index (χ0n) is 10.8. The van der Waals surface area contributed by atoms with E-state index in [0.717, 1.165) is 25.3 Å². The molecule has 1 aromatic rings. The maximum absolute atomic E-state index is 12.7. The normalized spacial score (nSPS) is 19.8. The van der Waals surface area contributed by atoms with E-state index in [1.165, 1.54) is 12.1 Å². The molecule has 1 N–H and O–H groups in total. The Morgan fingerprint density at radius 2 is 1.89 bits per heavy atom. The summed E-state index contributed by atoms with van der Waals surface area (Å²) in [6.45, 7) is 2.95. The van der Waals surface area contributed by atoms with E-state index in [9.17, 15) is 12.8 Å². The average Bonchev–Trinajstić information content (AvgIpc) is 2.53. The van der Waals surface area contributed by atoms with Crippen molar-refractivity contribution in [2.75, 3.05) is 43.0 Å². The molecular weight excluding hydrogens is 267 g/mol. The first-order chi connectivity index (χ1) is 9.05. The van der Waals surface area contributed by atoms with Gasteiger partial charge in [0.25, 0.3) is 0 Å². The number of nitrogens with one attached hydrogen (secondary N) is 1. The first kappa shape index (κ1) is 14.3. The van der Waals surface area contributed by atoms with Gasteiger partial charge in [0.05, 0.1) is 11.5 Å². The van der Waals surface area contributed by atoms with Gasteiger partial charge in [0.15, 0.2) is 9.84 Å². The van der Waals surface area contributed by atoms with Gasteiger partial charge in [-0.2, -0.15) is 0 Å². The molecule has 1 aliphatic rings. The first-order valence-corrected chi connectivity index (χ1v) is 8.29. The van der Waals surface area contributed by atoms with Crippen molar-refractivity contribution in [2.45, 2.75) is 6.42 Å². The molecule has 19 heavy (non-hydrogen) atoms. The van der Waals surface area contributed by atoms with Gasteiger partial charge in [-0.1, -0.05) is 0 Å². The summed E-state index contributed by atoms with van der Waals surface area (Å²) >= 11 is 0. The second-order valence-corrected chi connectivity index (χ2v) is 7.08. The van der Waals surface area contributed by atoms with E-state index in [1.54, 1.807) is 12.1 Å². The fourth-order valence-corrected chi connectivity index (χ4v) is 3.45. The Kier molecular flexibility index (Phi) is 4.76. The molecular formula is C13H19FN2O2S. The van der Waals surface area contributed by atoms with E-state index in [1.807, 2.05) is 0 Å². The van der Waals surface area contributed by atoms with Crippen LogP contribution in [0.2, 0.25) is 0 Å². The van der Waals surface area contributed by atoms with Crippen LogP contribution in [0.5, 0.6) is 0 Å². The molecule has 0 aromatic heterocycles. The summed E-state index contributed by atoms with van der Waals surface area (Å²) in [6, 6.07) is 6.23. The fraction of sp³-hybridized carbons (Fsp3) is 0.538. The molecule has 1 saturated heterocycles. The molecule has 1 fully saturated rings. The quantitative estimate of drug-likeness (QED) is 0.908. The van der Waals surface area contributed by atoms with Crippen LogP contribution in [0.15, 0.2) is 24.3 Å². The third-order valence-electron chi connectivity index (χ3n) is 3.25. The Morgan fingerprint density at radius 3 is 2.63 bits per heavy atom. The summed E-state index contributed by atoms with van der Waals surface area (Å²) in [7, 11) is -2.84. The molecule has 0 aliphatic carbocycles. The summed E-state index contributed by atoms with van der Waals surface area (Å²) in [5, 5.41) is 3.20. The number of hydrogen-bond acceptors (Lipinski definition) is 4. The predicted octanol–water partition coefficient (Wildman–Crippen LogP) is 1.36. The van der Waals surface area contributed by atoms with Gasteiger partial charge in [-0.25, -0.2) is 12.8 Å². The van der Waals surface area contributed by atoms with Crippen molar-refractivity contribution in [3.8, 4) is 0 Å². The molecule has 1 heterocycles. The summed E-state index contributed by atoms with van der Waals surface area (Å²) in [5.74, 6) is 0.307. The van der Waals surface area contributed by atoms with Gasteiger partial charge in [0.2, 0.25) is 0 Å². The molecule has 4 nitrogen and oxygen atoms in total. The molecule has 0 atom stereocenters. The molecule has 1 aliphatic heterocycles. The van der Waals surface area contributed by atoms with E-state index < -0.39 is 9.84 Å². The number of hydrogen-bond donors (Lipinski definition) is 1. The lowest BCUT2D eigenvalue weighted by Crippen LogP contribution is -2.31. The minimum Gasteiger partial charge on any atom is -0.384 e. The number of rotatable bonds is 4. The van der Waals surface area contributed by atoms with Crippen molar-refractivity contribution < 1.29 is 12.8 Å². The number of benzene rings is 1. The Morgan fingerprint density at radius 1 is 1.16 bits per heavy atom. The second kappa shape index (κ2) is 6.34. The first-order valence-electron chi connectivity index (χ1n) is 6.47. The smallest absolute Gasteiger partial charge is 0.151 e. The topological polar surface area (TPSA) is 49.4 Å². The van der Waals surface area contributed by atoms with Crippen molar-refractivity contribution >= 4 is 15.5 Å². The van der Waals surface area contributed by atoms with Crippen molar-refractivity contribution in [2.24, 2.45) is 0 Å². The van der Waals surface area contributed by atoms with Gasteiger partial charge < -0.3 is 10.2 Å². The predicted molar refractivity (Wildman–Crippen MR) is 74.6 cm³/mol. The van der Waals surface area contributed by atoms with E-state index >= 15 is 0 Å². The minimum atomic E-state index is -2.84. The standard InChI is InChI=1S/C13H19FN2O2S/c14-12-2-4-13(5-3-12)15-6-8-16-7-1-10-19(17,18)11-9-16/h2-5,15H,1,6-11H2. The lowest BCUT2D eigenvalue weighted by Gasteiger charge is -2.19. The van der Waals surface area contributed by atoms with E-state index in [2.05, 4.69) is 10.2 Å². The maximum Gasteiger partial charge on any atom is 0.151 e. The van der Waals surface area contributed by atoms with Crippen LogP contribution < -0.4 is 5.32 Å². The van der Waals surface area contributed by atoms with Crippen LogP contribution in [0.3, 0.4) is 0 Å². The van der Waals surface area contributed by atoms with Gasteiger partial charge in [-0.15, -0.1) is 0 Å². The number of halogens is 1. The van der Waals surface area contributed by atoms with Crippen LogP contribution in [0.1, 0.15) is 6.42 Å². The molecule has 0 amide bonds. The summed E-state index contributed by atoms with van der Waals surface area (Å²) < 4.78 is 35.7. The summed E-state index contributed by atoms with van der Waals surface area (Å²) in [4.78, 5) is 2.15. The zero-order valence-corrected chi connectivity index (χ0v) is 11.6. The van der Waals surface area contributed by atoms with Crippen molar-refractivity contribution in [1.82, 2.24) is 4.90 Å². The van der Waals surface area contributed by atoms with Crippen LogP contribution in [-0.2, 0) is 9.84 Å². The fourth-order valence-electron chi connectivity index (χ4n) is 2.14. The lowest BCUT2D eigenvalue weighted by molar-refractivity contribution is 0.307. The molecule has 106 valence electrons. The largest absolute Gasteiger partial charge is 0.384 e. The molecule has 0 radical (unpaired) electrons. The van der Waals surface area contributed by atoms with Gasteiger partial charge in [-0.05, 0) is 37.2 Å². The zero-order chi connectivity index (χ0) is 13.7. The summed E-state index contributed by atoms with van der Waals surface area (Å²) in [6.07, 6.45) is 0.707. The molecule has 6 heteroatoms. The van der Waals surface area contributed by atoms with Crippen LogP contribution in [0, 0.1) is 5.82 Å². The van der Waals surface area contributed by atoms with Crippen molar-refractivity contribution in [3.05, 3.63) is 30.1 Å². The highest BCUT2D eigenvalue weighted by molar-refractivity contribution is 7.91. The second-order valence-electron chi connectivity index (χ2n) is 4.78. The van der Waals surface area contributed by atoms with Crippen LogP contribution in [0.4, 0.5) is 10.1 Å².